The quantitative estimate of drug-likeness (QED) is 0.512. The fourth-order valence-corrected chi connectivity index (χ4v) is 1.18. The minimum Gasteiger partial charge on any atom is -0.389 e. The van der Waals surface area contributed by atoms with Crippen LogP contribution in [-0.2, 0) is 9.53 Å². The zero-order chi connectivity index (χ0) is 13.1. The summed E-state index contributed by atoms with van der Waals surface area (Å²) in [5.74, 6) is 0.428. The number of aliphatic hydroxyl groups is 1. The van der Waals surface area contributed by atoms with Gasteiger partial charge in [0.05, 0.1) is 19.3 Å². The highest BCUT2D eigenvalue weighted by atomic mass is 16.5. The van der Waals surface area contributed by atoms with Gasteiger partial charge in [-0.05, 0) is 12.3 Å². The zero-order valence-corrected chi connectivity index (χ0v) is 11.2. The Hall–Kier alpha value is -0.650. The predicted octanol–water partition coefficient (Wildman–Crippen LogP) is 0.136. The van der Waals surface area contributed by atoms with Gasteiger partial charge in [0, 0.05) is 19.7 Å². The lowest BCUT2D eigenvalue weighted by molar-refractivity contribution is -0.120. The first-order valence-electron chi connectivity index (χ1n) is 6.29. The molecule has 0 aliphatic heterocycles. The van der Waals surface area contributed by atoms with Crippen LogP contribution in [0.15, 0.2) is 0 Å². The topological polar surface area (TPSA) is 70.6 Å². The van der Waals surface area contributed by atoms with E-state index in [0.29, 0.717) is 32.2 Å². The smallest absolute Gasteiger partial charge is 0.233 e. The number of hydrogen-bond acceptors (Lipinski definition) is 4. The van der Waals surface area contributed by atoms with E-state index >= 15 is 0 Å². The summed E-state index contributed by atoms with van der Waals surface area (Å²) in [5, 5.41) is 15.2. The van der Waals surface area contributed by atoms with Gasteiger partial charge >= 0.3 is 0 Å². The van der Waals surface area contributed by atoms with Gasteiger partial charge in [-0.25, -0.2) is 0 Å². The molecule has 5 heteroatoms. The molecule has 0 fully saturated rings. The molecule has 0 rings (SSSR count). The molecule has 1 atom stereocenters. The number of carbonyl (C=O) groups excluding carboxylic acids is 1. The van der Waals surface area contributed by atoms with E-state index in [9.17, 15) is 9.90 Å². The number of carbonyl (C=O) groups is 1. The second-order valence-corrected chi connectivity index (χ2v) is 4.57. The van der Waals surface area contributed by atoms with Crippen LogP contribution in [0.5, 0.6) is 0 Å². The molecule has 0 aromatic heterocycles. The minimum absolute atomic E-state index is 0.0397. The second kappa shape index (κ2) is 10.5. The van der Waals surface area contributed by atoms with E-state index in [0.717, 1.165) is 6.42 Å². The number of amides is 1. The molecule has 0 radical (unpaired) electrons. The summed E-state index contributed by atoms with van der Waals surface area (Å²) in [6.45, 7) is 8.38. The van der Waals surface area contributed by atoms with Crippen molar-refractivity contribution in [1.29, 1.82) is 0 Å². The summed E-state index contributed by atoms with van der Waals surface area (Å²) in [6.07, 6.45) is 0.366. The van der Waals surface area contributed by atoms with Gasteiger partial charge in [0.15, 0.2) is 0 Å². The number of nitrogens with one attached hydrogen (secondary N) is 2. The lowest BCUT2D eigenvalue weighted by Crippen LogP contribution is -2.38. The predicted molar refractivity (Wildman–Crippen MR) is 67.8 cm³/mol. The largest absolute Gasteiger partial charge is 0.389 e. The molecule has 0 heterocycles. The number of hydrogen-bond donors (Lipinski definition) is 3. The standard InChI is InChI=1S/C12H26N2O3/c1-4-5-14-12(16)7-13-6-11(15)9-17-8-10(2)3/h10-11,13,15H,4-9H2,1-3H3,(H,14,16). The van der Waals surface area contributed by atoms with Crippen molar-refractivity contribution in [3.8, 4) is 0 Å². The monoisotopic (exact) mass is 246 g/mol. The van der Waals surface area contributed by atoms with Crippen molar-refractivity contribution in [3.63, 3.8) is 0 Å². The fraction of sp³-hybridized carbons (Fsp3) is 0.917. The van der Waals surface area contributed by atoms with Crippen LogP contribution in [0.4, 0.5) is 0 Å². The number of rotatable bonds is 10. The number of ether oxygens (including phenoxy) is 1. The zero-order valence-electron chi connectivity index (χ0n) is 11.2. The normalized spacial score (nSPS) is 12.8. The molecule has 1 unspecified atom stereocenters. The van der Waals surface area contributed by atoms with Crippen molar-refractivity contribution in [2.45, 2.75) is 33.3 Å². The van der Waals surface area contributed by atoms with Gasteiger partial charge < -0.3 is 20.5 Å². The lowest BCUT2D eigenvalue weighted by Gasteiger charge is -2.13. The van der Waals surface area contributed by atoms with Crippen molar-refractivity contribution in [2.75, 3.05) is 32.8 Å². The molecule has 0 bridgehead atoms. The van der Waals surface area contributed by atoms with Gasteiger partial charge in [-0.2, -0.15) is 0 Å². The first-order valence-corrected chi connectivity index (χ1v) is 6.29. The van der Waals surface area contributed by atoms with Crippen molar-refractivity contribution in [3.05, 3.63) is 0 Å². The van der Waals surface area contributed by atoms with E-state index in [4.69, 9.17) is 4.74 Å². The molecule has 0 saturated carbocycles. The van der Waals surface area contributed by atoms with Gasteiger partial charge in [0.1, 0.15) is 0 Å². The molecule has 5 nitrogen and oxygen atoms in total. The molecule has 0 spiro atoms. The lowest BCUT2D eigenvalue weighted by atomic mass is 10.2. The van der Waals surface area contributed by atoms with Crippen LogP contribution in [0, 0.1) is 5.92 Å². The molecule has 17 heavy (non-hydrogen) atoms. The summed E-state index contributed by atoms with van der Waals surface area (Å²) < 4.78 is 5.29. The van der Waals surface area contributed by atoms with Gasteiger partial charge in [0.25, 0.3) is 0 Å². The third kappa shape index (κ3) is 11.6. The molecular weight excluding hydrogens is 220 g/mol. The third-order valence-electron chi connectivity index (χ3n) is 2.00. The molecule has 102 valence electrons. The van der Waals surface area contributed by atoms with Crippen LogP contribution in [0.25, 0.3) is 0 Å². The van der Waals surface area contributed by atoms with Crippen LogP contribution in [0.1, 0.15) is 27.2 Å². The Morgan fingerprint density at radius 3 is 2.65 bits per heavy atom. The molecule has 1 amide bonds. The van der Waals surface area contributed by atoms with Crippen molar-refractivity contribution < 1.29 is 14.6 Å². The second-order valence-electron chi connectivity index (χ2n) is 4.57. The minimum atomic E-state index is -0.562. The van der Waals surface area contributed by atoms with E-state index in [2.05, 4.69) is 24.5 Å². The maximum absolute atomic E-state index is 11.2. The Morgan fingerprint density at radius 2 is 2.06 bits per heavy atom. The molecule has 0 aliphatic rings. The molecule has 0 saturated heterocycles. The van der Waals surface area contributed by atoms with Crippen LogP contribution in [0.3, 0.4) is 0 Å². The van der Waals surface area contributed by atoms with E-state index in [1.807, 2.05) is 6.92 Å². The van der Waals surface area contributed by atoms with Crippen molar-refractivity contribution >= 4 is 5.91 Å². The van der Waals surface area contributed by atoms with Crippen LogP contribution in [0.2, 0.25) is 0 Å². The van der Waals surface area contributed by atoms with Crippen molar-refractivity contribution in [1.82, 2.24) is 10.6 Å². The molecule has 0 aliphatic carbocycles. The van der Waals surface area contributed by atoms with Gasteiger partial charge in [-0.1, -0.05) is 20.8 Å². The maximum Gasteiger partial charge on any atom is 0.233 e. The molecule has 3 N–H and O–H groups in total. The summed E-state index contributed by atoms with van der Waals surface area (Å²) >= 11 is 0. The van der Waals surface area contributed by atoms with Crippen LogP contribution in [-0.4, -0.2) is 50.0 Å². The van der Waals surface area contributed by atoms with E-state index in [1.165, 1.54) is 0 Å². The van der Waals surface area contributed by atoms with Gasteiger partial charge in [-0.3, -0.25) is 4.79 Å². The molecular formula is C12H26N2O3. The third-order valence-corrected chi connectivity index (χ3v) is 2.00. The van der Waals surface area contributed by atoms with E-state index < -0.39 is 6.10 Å². The highest BCUT2D eigenvalue weighted by Gasteiger charge is 2.06. The Labute approximate surface area is 104 Å². The highest BCUT2D eigenvalue weighted by molar-refractivity contribution is 5.77. The molecule has 0 aromatic rings. The maximum atomic E-state index is 11.2. The summed E-state index contributed by atoms with van der Waals surface area (Å²) in [5.41, 5.74) is 0. The average Bonchev–Trinajstić information content (AvgIpc) is 2.25. The van der Waals surface area contributed by atoms with Crippen molar-refractivity contribution in [2.24, 2.45) is 5.92 Å². The Balaban J connectivity index is 3.37. The first kappa shape index (κ1) is 16.4. The Kier molecular flexibility index (Phi) is 10.1. The summed E-state index contributed by atoms with van der Waals surface area (Å²) in [6, 6.07) is 0. The van der Waals surface area contributed by atoms with E-state index in [-0.39, 0.29) is 12.5 Å². The van der Waals surface area contributed by atoms with Gasteiger partial charge in [-0.15, -0.1) is 0 Å². The van der Waals surface area contributed by atoms with Gasteiger partial charge in [0.2, 0.25) is 5.91 Å². The Bertz CT molecular complexity index is 198. The summed E-state index contributed by atoms with van der Waals surface area (Å²) in [7, 11) is 0. The summed E-state index contributed by atoms with van der Waals surface area (Å²) in [4.78, 5) is 11.2. The van der Waals surface area contributed by atoms with E-state index in [1.54, 1.807) is 0 Å². The average molecular weight is 246 g/mol. The van der Waals surface area contributed by atoms with Crippen LogP contribution < -0.4 is 10.6 Å². The van der Waals surface area contributed by atoms with Crippen LogP contribution >= 0.6 is 0 Å². The highest BCUT2D eigenvalue weighted by Crippen LogP contribution is 1.93. The fourth-order valence-electron chi connectivity index (χ4n) is 1.18. The molecule has 0 aromatic carbocycles. The number of aliphatic hydroxyl groups excluding tert-OH is 1. The Morgan fingerprint density at radius 1 is 1.35 bits per heavy atom. The SMILES string of the molecule is CCCNC(=O)CNCC(O)COCC(C)C. The first-order chi connectivity index (χ1) is 8.06.